The second-order valence-corrected chi connectivity index (χ2v) is 8.33. The Kier molecular flexibility index (Phi) is 6.23. The van der Waals surface area contributed by atoms with Crippen molar-refractivity contribution in [3.05, 3.63) is 59.4 Å². The van der Waals surface area contributed by atoms with Crippen LogP contribution in [0.1, 0.15) is 42.7 Å². The molecule has 1 saturated heterocycles. The Morgan fingerprint density at radius 2 is 2.07 bits per heavy atom. The van der Waals surface area contributed by atoms with E-state index in [4.69, 9.17) is 9.47 Å². The van der Waals surface area contributed by atoms with E-state index in [1.54, 1.807) is 13.2 Å². The minimum absolute atomic E-state index is 0.0543. The summed E-state index contributed by atoms with van der Waals surface area (Å²) in [7, 11) is 1.60. The molecule has 2 aliphatic rings. The lowest BCUT2D eigenvalue weighted by Gasteiger charge is -2.20. The molecule has 2 fully saturated rings. The van der Waals surface area contributed by atoms with Gasteiger partial charge in [-0.2, -0.15) is 0 Å². The first-order valence-electron chi connectivity index (χ1n) is 10.5. The van der Waals surface area contributed by atoms with Crippen LogP contribution in [-0.4, -0.2) is 42.3 Å². The van der Waals surface area contributed by atoms with Crippen LogP contribution in [0.4, 0.5) is 4.39 Å². The van der Waals surface area contributed by atoms with Crippen LogP contribution in [0.2, 0.25) is 0 Å². The van der Waals surface area contributed by atoms with Crippen molar-refractivity contribution in [2.75, 3.05) is 20.2 Å². The van der Waals surface area contributed by atoms with Gasteiger partial charge in [-0.1, -0.05) is 12.1 Å². The van der Waals surface area contributed by atoms with E-state index in [1.165, 1.54) is 12.1 Å². The number of benzene rings is 2. The van der Waals surface area contributed by atoms with Crippen LogP contribution < -0.4 is 9.47 Å². The summed E-state index contributed by atoms with van der Waals surface area (Å²) < 4.78 is 25.2. The van der Waals surface area contributed by atoms with Crippen molar-refractivity contribution in [1.29, 1.82) is 0 Å². The predicted octanol–water partition coefficient (Wildman–Crippen LogP) is 4.46. The first kappa shape index (κ1) is 20.7. The van der Waals surface area contributed by atoms with Crippen LogP contribution in [0.15, 0.2) is 42.5 Å². The molecule has 5 nitrogen and oxygen atoms in total. The van der Waals surface area contributed by atoms with Gasteiger partial charge < -0.3 is 14.6 Å². The van der Waals surface area contributed by atoms with E-state index in [0.29, 0.717) is 18.2 Å². The number of hydrogen-bond acceptors (Lipinski definition) is 4. The van der Waals surface area contributed by atoms with Crippen molar-refractivity contribution in [3.63, 3.8) is 0 Å². The standard InChI is InChI=1S/C24H28FNO4/c1-29-23-8-7-19(25)11-18(23)14-26-10-9-21(15-26)30-20-4-2-3-17(12-20)22(13-24(27)28)16-5-6-16/h2-4,7-8,11-12,16,21-22H,5-6,9-10,13-15H2,1H3,(H,27,28)/t21?,22-/m0/s1. The van der Waals surface area contributed by atoms with Crippen molar-refractivity contribution in [2.45, 2.75) is 44.2 Å². The van der Waals surface area contributed by atoms with Crippen molar-refractivity contribution in [1.82, 2.24) is 4.90 Å². The van der Waals surface area contributed by atoms with Gasteiger partial charge in [0.15, 0.2) is 0 Å². The van der Waals surface area contributed by atoms with Crippen LogP contribution in [0, 0.1) is 11.7 Å². The van der Waals surface area contributed by atoms with Gasteiger partial charge in [0.25, 0.3) is 0 Å². The third kappa shape index (κ3) is 5.11. The Bertz CT molecular complexity index is 899. The molecule has 1 heterocycles. The zero-order valence-electron chi connectivity index (χ0n) is 17.2. The molecule has 0 amide bonds. The Balaban J connectivity index is 1.38. The number of nitrogens with zero attached hydrogens (tertiary/aromatic N) is 1. The van der Waals surface area contributed by atoms with Gasteiger partial charge in [-0.05, 0) is 67.0 Å². The second kappa shape index (κ2) is 9.04. The molecule has 0 bridgehead atoms. The van der Waals surface area contributed by atoms with E-state index in [9.17, 15) is 14.3 Å². The zero-order chi connectivity index (χ0) is 21.1. The van der Waals surface area contributed by atoms with Crippen molar-refractivity contribution < 1.29 is 23.8 Å². The molecule has 2 aromatic rings. The highest BCUT2D eigenvalue weighted by atomic mass is 19.1. The lowest BCUT2D eigenvalue weighted by atomic mass is 9.91. The van der Waals surface area contributed by atoms with Crippen LogP contribution in [0.3, 0.4) is 0 Å². The number of methoxy groups -OCH3 is 1. The molecule has 160 valence electrons. The van der Waals surface area contributed by atoms with Crippen molar-refractivity contribution in [2.24, 2.45) is 5.92 Å². The Labute approximate surface area is 176 Å². The molecule has 4 rings (SSSR count). The van der Waals surface area contributed by atoms with E-state index in [-0.39, 0.29) is 24.3 Å². The molecule has 6 heteroatoms. The molecule has 2 atom stereocenters. The fourth-order valence-electron chi connectivity index (χ4n) is 4.40. The fourth-order valence-corrected chi connectivity index (χ4v) is 4.40. The van der Waals surface area contributed by atoms with Gasteiger partial charge in [0, 0.05) is 25.2 Å². The molecule has 0 spiro atoms. The van der Waals surface area contributed by atoms with Crippen LogP contribution in [0.5, 0.6) is 11.5 Å². The lowest BCUT2D eigenvalue weighted by Crippen LogP contribution is -2.25. The molecular weight excluding hydrogens is 385 g/mol. The first-order chi connectivity index (χ1) is 14.5. The smallest absolute Gasteiger partial charge is 0.303 e. The quantitative estimate of drug-likeness (QED) is 0.658. The Morgan fingerprint density at radius 1 is 1.23 bits per heavy atom. The first-order valence-corrected chi connectivity index (χ1v) is 10.5. The lowest BCUT2D eigenvalue weighted by molar-refractivity contribution is -0.137. The Morgan fingerprint density at radius 3 is 2.80 bits per heavy atom. The SMILES string of the molecule is COc1ccc(F)cc1CN1CCC(Oc2cccc([C@@H](CC(=O)O)C3CC3)c2)C1. The van der Waals surface area contributed by atoms with Gasteiger partial charge in [-0.15, -0.1) is 0 Å². The summed E-state index contributed by atoms with van der Waals surface area (Å²) in [5, 5.41) is 9.26. The number of rotatable bonds is 9. The van der Waals surface area contributed by atoms with Gasteiger partial charge in [-0.3, -0.25) is 9.69 Å². The molecule has 1 N–H and O–H groups in total. The van der Waals surface area contributed by atoms with Crippen LogP contribution in [0.25, 0.3) is 0 Å². The van der Waals surface area contributed by atoms with E-state index in [0.717, 1.165) is 49.2 Å². The minimum Gasteiger partial charge on any atom is -0.496 e. The van der Waals surface area contributed by atoms with Gasteiger partial charge in [0.05, 0.1) is 13.5 Å². The number of hydrogen-bond donors (Lipinski definition) is 1. The highest BCUT2D eigenvalue weighted by Crippen LogP contribution is 2.45. The molecule has 2 aromatic carbocycles. The third-order valence-electron chi connectivity index (χ3n) is 6.04. The Hall–Kier alpha value is -2.60. The largest absolute Gasteiger partial charge is 0.496 e. The summed E-state index contributed by atoms with van der Waals surface area (Å²) in [4.78, 5) is 13.5. The monoisotopic (exact) mass is 413 g/mol. The molecule has 1 aliphatic carbocycles. The summed E-state index contributed by atoms with van der Waals surface area (Å²) in [6.45, 7) is 2.24. The minimum atomic E-state index is -0.752. The average Bonchev–Trinajstić information content (AvgIpc) is 3.47. The van der Waals surface area contributed by atoms with E-state index >= 15 is 0 Å². The van der Waals surface area contributed by atoms with Crippen LogP contribution >= 0.6 is 0 Å². The zero-order valence-corrected chi connectivity index (χ0v) is 17.2. The molecule has 1 saturated carbocycles. The van der Waals surface area contributed by atoms with E-state index in [1.807, 2.05) is 24.3 Å². The van der Waals surface area contributed by atoms with Gasteiger partial charge in [0.1, 0.15) is 23.4 Å². The van der Waals surface area contributed by atoms with Gasteiger partial charge >= 0.3 is 5.97 Å². The number of carboxylic acids is 1. The topological polar surface area (TPSA) is 59.0 Å². The summed E-state index contributed by atoms with van der Waals surface area (Å²) in [6.07, 6.45) is 3.32. The molecule has 0 aromatic heterocycles. The maximum absolute atomic E-state index is 13.6. The summed E-state index contributed by atoms with van der Waals surface area (Å²) >= 11 is 0. The number of carboxylic acid groups (broad SMARTS) is 1. The van der Waals surface area contributed by atoms with Crippen LogP contribution in [-0.2, 0) is 11.3 Å². The molecule has 1 aliphatic heterocycles. The maximum Gasteiger partial charge on any atom is 0.303 e. The number of ether oxygens (including phenoxy) is 2. The summed E-state index contributed by atoms with van der Waals surface area (Å²) in [5.74, 6) is 1.00. The molecule has 30 heavy (non-hydrogen) atoms. The van der Waals surface area contributed by atoms with E-state index in [2.05, 4.69) is 4.90 Å². The van der Waals surface area contributed by atoms with Gasteiger partial charge in [0.2, 0.25) is 0 Å². The fraction of sp³-hybridized carbons (Fsp3) is 0.458. The number of carbonyl (C=O) groups is 1. The number of aliphatic carboxylic acids is 1. The van der Waals surface area contributed by atoms with E-state index < -0.39 is 5.97 Å². The third-order valence-corrected chi connectivity index (χ3v) is 6.04. The molecule has 0 radical (unpaired) electrons. The summed E-state index contributed by atoms with van der Waals surface area (Å²) in [6, 6.07) is 12.5. The predicted molar refractivity (Wildman–Crippen MR) is 111 cm³/mol. The van der Waals surface area contributed by atoms with Crippen molar-refractivity contribution >= 4 is 5.97 Å². The second-order valence-electron chi connectivity index (χ2n) is 8.33. The summed E-state index contributed by atoms with van der Waals surface area (Å²) in [5.41, 5.74) is 1.89. The van der Waals surface area contributed by atoms with Crippen molar-refractivity contribution in [3.8, 4) is 11.5 Å². The normalized spacial score (nSPS) is 20.1. The molecular formula is C24H28FNO4. The highest BCUT2D eigenvalue weighted by molar-refractivity contribution is 5.68. The van der Waals surface area contributed by atoms with Gasteiger partial charge in [-0.25, -0.2) is 4.39 Å². The maximum atomic E-state index is 13.6. The number of halogens is 1. The highest BCUT2D eigenvalue weighted by Gasteiger charge is 2.34. The average molecular weight is 413 g/mol. The number of likely N-dealkylation sites (tertiary alicyclic amines) is 1. The molecule has 1 unspecified atom stereocenters.